The number of halogens is 1. The van der Waals surface area contributed by atoms with Gasteiger partial charge < -0.3 is 5.32 Å². The average Bonchev–Trinajstić information content (AvgIpc) is 2.44. The summed E-state index contributed by atoms with van der Waals surface area (Å²) in [6.45, 7) is 1.99. The van der Waals surface area contributed by atoms with E-state index < -0.39 is 0 Å². The predicted octanol–water partition coefficient (Wildman–Crippen LogP) is 5.16. The fourth-order valence-corrected chi connectivity index (χ4v) is 3.83. The number of carbonyl (C=O) groups excluding carboxylic acids is 1. The van der Waals surface area contributed by atoms with Gasteiger partial charge in [0.1, 0.15) is 0 Å². The number of hydrogen-bond acceptors (Lipinski definition) is 2. The number of amides is 1. The Morgan fingerprint density at radius 2 is 1.71 bits per heavy atom. The lowest BCUT2D eigenvalue weighted by Gasteiger charge is -2.22. The summed E-state index contributed by atoms with van der Waals surface area (Å²) >= 11 is 5.06. The Morgan fingerprint density at radius 3 is 2.33 bits per heavy atom. The Balaban J connectivity index is 1.82. The fourth-order valence-electron chi connectivity index (χ4n) is 2.69. The molecule has 2 nitrogen and oxygen atoms in total. The van der Waals surface area contributed by atoms with Crippen molar-refractivity contribution in [2.24, 2.45) is 0 Å². The number of nitrogens with one attached hydrogen (secondary N) is 1. The lowest BCUT2D eigenvalue weighted by Crippen LogP contribution is -2.39. The second-order valence-electron chi connectivity index (χ2n) is 5.76. The van der Waals surface area contributed by atoms with Crippen molar-refractivity contribution in [1.82, 2.24) is 5.32 Å². The van der Waals surface area contributed by atoms with E-state index in [0.717, 1.165) is 22.2 Å². The summed E-state index contributed by atoms with van der Waals surface area (Å²) < 4.78 is 1.07. The Morgan fingerprint density at radius 1 is 1.14 bits per heavy atom. The summed E-state index contributed by atoms with van der Waals surface area (Å²) in [6, 6.07) is 8.51. The summed E-state index contributed by atoms with van der Waals surface area (Å²) in [5.74, 6) is 0.175. The van der Waals surface area contributed by atoms with E-state index in [-0.39, 0.29) is 11.2 Å². The molecule has 1 atom stereocenters. The first kappa shape index (κ1) is 16.9. The van der Waals surface area contributed by atoms with Crippen molar-refractivity contribution in [3.8, 4) is 0 Å². The van der Waals surface area contributed by atoms with Crippen LogP contribution in [-0.4, -0.2) is 17.2 Å². The van der Waals surface area contributed by atoms with Crippen LogP contribution in [0.25, 0.3) is 0 Å². The van der Waals surface area contributed by atoms with Gasteiger partial charge in [-0.15, -0.1) is 11.8 Å². The van der Waals surface area contributed by atoms with Crippen LogP contribution in [-0.2, 0) is 4.79 Å². The number of thioether (sulfide) groups is 1. The molecule has 1 aromatic rings. The highest BCUT2D eigenvalue weighted by Crippen LogP contribution is 2.25. The van der Waals surface area contributed by atoms with Crippen molar-refractivity contribution in [3.05, 3.63) is 28.7 Å². The monoisotopic (exact) mass is 369 g/mol. The van der Waals surface area contributed by atoms with Crippen LogP contribution in [0.15, 0.2) is 33.6 Å². The second kappa shape index (κ2) is 8.84. The highest BCUT2D eigenvalue weighted by Gasteiger charge is 2.19. The van der Waals surface area contributed by atoms with Crippen LogP contribution in [0.2, 0.25) is 0 Å². The number of carbonyl (C=O) groups is 1. The van der Waals surface area contributed by atoms with Crippen molar-refractivity contribution in [3.63, 3.8) is 0 Å². The molecule has 1 unspecified atom stereocenters. The zero-order chi connectivity index (χ0) is 15.1. The number of hydrogen-bond donors (Lipinski definition) is 1. The molecule has 0 aromatic heterocycles. The van der Waals surface area contributed by atoms with E-state index in [4.69, 9.17) is 0 Å². The lowest BCUT2D eigenvalue weighted by molar-refractivity contribution is -0.121. The summed E-state index contributed by atoms with van der Waals surface area (Å²) in [7, 11) is 0. The molecule has 0 spiro atoms. The summed E-state index contributed by atoms with van der Waals surface area (Å²) in [6.07, 6.45) is 8.77. The van der Waals surface area contributed by atoms with Crippen LogP contribution in [0, 0.1) is 0 Å². The van der Waals surface area contributed by atoms with Crippen LogP contribution in [0.4, 0.5) is 0 Å². The quantitative estimate of drug-likeness (QED) is 0.742. The molecule has 1 fully saturated rings. The minimum Gasteiger partial charge on any atom is -0.352 e. The average molecular weight is 370 g/mol. The molecular weight excluding hydrogens is 346 g/mol. The Kier molecular flexibility index (Phi) is 7.11. The van der Waals surface area contributed by atoms with Gasteiger partial charge in [-0.25, -0.2) is 0 Å². The molecule has 116 valence electrons. The van der Waals surface area contributed by atoms with Gasteiger partial charge in [0.05, 0.1) is 5.25 Å². The van der Waals surface area contributed by atoms with Gasteiger partial charge in [0.15, 0.2) is 0 Å². The maximum atomic E-state index is 12.3. The van der Waals surface area contributed by atoms with Gasteiger partial charge in [-0.05, 0) is 44.0 Å². The van der Waals surface area contributed by atoms with Crippen LogP contribution in [0.1, 0.15) is 51.9 Å². The molecule has 2 rings (SSSR count). The molecule has 21 heavy (non-hydrogen) atoms. The van der Waals surface area contributed by atoms with Crippen molar-refractivity contribution in [2.45, 2.75) is 68.1 Å². The first-order chi connectivity index (χ1) is 10.1. The molecule has 0 bridgehead atoms. The summed E-state index contributed by atoms with van der Waals surface area (Å²) in [5, 5.41) is 3.20. The molecule has 0 heterocycles. The third kappa shape index (κ3) is 6.03. The highest BCUT2D eigenvalue weighted by atomic mass is 79.9. The van der Waals surface area contributed by atoms with Gasteiger partial charge in [0.2, 0.25) is 5.91 Å². The van der Waals surface area contributed by atoms with Gasteiger partial charge in [-0.1, -0.05) is 48.0 Å². The Labute approximate surface area is 140 Å². The van der Waals surface area contributed by atoms with Gasteiger partial charge in [0, 0.05) is 15.4 Å². The normalized spacial score (nSPS) is 18.6. The third-order valence-corrected chi connectivity index (χ3v) is 5.59. The molecule has 0 saturated heterocycles. The standard InChI is InChI=1S/C17H24BrNOS/c1-13(21-16-11-9-14(18)10-12-16)17(20)19-15-7-5-3-2-4-6-8-15/h9-13,15H,2-8H2,1H3,(H,19,20). The molecular formula is C17H24BrNOS. The molecule has 1 amide bonds. The first-order valence-corrected chi connectivity index (χ1v) is 9.55. The molecule has 0 aliphatic heterocycles. The van der Waals surface area contributed by atoms with E-state index in [1.807, 2.05) is 31.2 Å². The second-order valence-corrected chi connectivity index (χ2v) is 8.09. The molecule has 4 heteroatoms. The number of benzene rings is 1. The van der Waals surface area contributed by atoms with Crippen molar-refractivity contribution in [1.29, 1.82) is 0 Å². The topological polar surface area (TPSA) is 29.1 Å². The zero-order valence-corrected chi connectivity index (χ0v) is 15.0. The van der Waals surface area contributed by atoms with Crippen molar-refractivity contribution in [2.75, 3.05) is 0 Å². The minimum absolute atomic E-state index is 0.0448. The molecule has 1 N–H and O–H groups in total. The van der Waals surface area contributed by atoms with Crippen LogP contribution in [0.5, 0.6) is 0 Å². The molecule has 1 aromatic carbocycles. The van der Waals surface area contributed by atoms with Crippen molar-refractivity contribution >= 4 is 33.6 Å². The van der Waals surface area contributed by atoms with Crippen molar-refractivity contribution < 1.29 is 4.79 Å². The summed E-state index contributed by atoms with van der Waals surface area (Å²) in [4.78, 5) is 13.5. The number of rotatable bonds is 4. The minimum atomic E-state index is -0.0448. The molecule has 1 aliphatic rings. The van der Waals surface area contributed by atoms with E-state index >= 15 is 0 Å². The molecule has 1 aliphatic carbocycles. The smallest absolute Gasteiger partial charge is 0.233 e. The largest absolute Gasteiger partial charge is 0.352 e. The maximum Gasteiger partial charge on any atom is 0.233 e. The molecule has 1 saturated carbocycles. The lowest BCUT2D eigenvalue weighted by atomic mass is 9.97. The third-order valence-electron chi connectivity index (χ3n) is 3.95. The van der Waals surface area contributed by atoms with Gasteiger partial charge in [-0.2, -0.15) is 0 Å². The fraction of sp³-hybridized carbons (Fsp3) is 0.588. The summed E-state index contributed by atoms with van der Waals surface area (Å²) in [5.41, 5.74) is 0. The predicted molar refractivity (Wildman–Crippen MR) is 93.7 cm³/mol. The van der Waals surface area contributed by atoms with E-state index in [9.17, 15) is 4.79 Å². The first-order valence-electron chi connectivity index (χ1n) is 7.88. The maximum absolute atomic E-state index is 12.3. The Bertz CT molecular complexity index is 441. The van der Waals surface area contributed by atoms with E-state index in [0.29, 0.717) is 6.04 Å². The zero-order valence-electron chi connectivity index (χ0n) is 12.6. The van der Waals surface area contributed by atoms with Crippen LogP contribution in [0.3, 0.4) is 0 Å². The van der Waals surface area contributed by atoms with Crippen LogP contribution >= 0.6 is 27.7 Å². The van der Waals surface area contributed by atoms with E-state index in [1.165, 1.54) is 32.1 Å². The van der Waals surface area contributed by atoms with Crippen LogP contribution < -0.4 is 5.32 Å². The van der Waals surface area contributed by atoms with Gasteiger partial charge in [-0.3, -0.25) is 4.79 Å². The highest BCUT2D eigenvalue weighted by molar-refractivity contribution is 9.10. The van der Waals surface area contributed by atoms with E-state index in [2.05, 4.69) is 21.2 Å². The van der Waals surface area contributed by atoms with Gasteiger partial charge in [0.25, 0.3) is 0 Å². The SMILES string of the molecule is CC(Sc1ccc(Br)cc1)C(=O)NC1CCCCCCC1. The molecule has 0 radical (unpaired) electrons. The van der Waals surface area contributed by atoms with Gasteiger partial charge >= 0.3 is 0 Å². The van der Waals surface area contributed by atoms with E-state index in [1.54, 1.807) is 11.8 Å². The Hall–Kier alpha value is -0.480.